The molecule has 2 saturated heterocycles. The lowest BCUT2D eigenvalue weighted by Crippen LogP contribution is -2.56. The standard InChI is InChI=1S/C20H26ClN3O5/c1-12(2)11-15(22-18(25)16-17(29-16)20(27)28)19(26)24-9-7-23(8-10-24)14-5-3-13(21)4-6-14/h3-6,12,15-17H,7-11H2,1-2H3,(H,22,25)(H,27,28)/t15-,16-,17-/m0/s1. The van der Waals surface area contributed by atoms with E-state index < -0.39 is 30.1 Å². The summed E-state index contributed by atoms with van der Waals surface area (Å²) < 4.78 is 4.89. The van der Waals surface area contributed by atoms with E-state index in [-0.39, 0.29) is 11.8 Å². The van der Waals surface area contributed by atoms with Crippen molar-refractivity contribution in [2.75, 3.05) is 31.1 Å². The van der Waals surface area contributed by atoms with Crippen LogP contribution in [0.3, 0.4) is 0 Å². The number of anilines is 1. The first-order valence-electron chi connectivity index (χ1n) is 9.74. The number of hydrogen-bond donors (Lipinski definition) is 2. The van der Waals surface area contributed by atoms with Crippen LogP contribution in [0.2, 0.25) is 5.02 Å². The van der Waals surface area contributed by atoms with Crippen molar-refractivity contribution in [1.82, 2.24) is 10.2 Å². The summed E-state index contributed by atoms with van der Waals surface area (Å²) in [4.78, 5) is 40.1. The highest BCUT2D eigenvalue weighted by molar-refractivity contribution is 6.30. The SMILES string of the molecule is CC(C)C[C@H](NC(=O)[C@H]1O[C@@H]1C(=O)O)C(=O)N1CCN(c2ccc(Cl)cc2)CC1. The van der Waals surface area contributed by atoms with Crippen molar-refractivity contribution in [3.63, 3.8) is 0 Å². The third-order valence-corrected chi connectivity index (χ3v) is 5.35. The zero-order chi connectivity index (χ0) is 21.1. The van der Waals surface area contributed by atoms with Crippen molar-refractivity contribution in [1.29, 1.82) is 0 Å². The molecule has 0 bridgehead atoms. The van der Waals surface area contributed by atoms with Crippen LogP contribution in [0.15, 0.2) is 24.3 Å². The van der Waals surface area contributed by atoms with Crippen LogP contribution >= 0.6 is 11.6 Å². The molecule has 2 aliphatic heterocycles. The van der Waals surface area contributed by atoms with Crippen LogP contribution in [0, 0.1) is 5.92 Å². The third-order valence-electron chi connectivity index (χ3n) is 5.10. The topological polar surface area (TPSA) is 102 Å². The van der Waals surface area contributed by atoms with Gasteiger partial charge in [-0.05, 0) is 36.6 Å². The van der Waals surface area contributed by atoms with Crippen molar-refractivity contribution in [2.24, 2.45) is 5.92 Å². The minimum atomic E-state index is -1.17. The molecule has 2 fully saturated rings. The summed E-state index contributed by atoms with van der Waals surface area (Å²) in [6.07, 6.45) is -1.66. The number of nitrogens with zero attached hydrogens (tertiary/aromatic N) is 2. The molecule has 0 radical (unpaired) electrons. The van der Waals surface area contributed by atoms with Gasteiger partial charge in [0, 0.05) is 36.9 Å². The molecule has 0 spiro atoms. The molecule has 0 unspecified atom stereocenters. The first kappa shape index (κ1) is 21.4. The number of carbonyl (C=O) groups is 3. The number of carbonyl (C=O) groups excluding carboxylic acids is 2. The van der Waals surface area contributed by atoms with Gasteiger partial charge in [-0.2, -0.15) is 0 Å². The highest BCUT2D eigenvalue weighted by Gasteiger charge is 2.51. The van der Waals surface area contributed by atoms with Crippen LogP contribution in [0.1, 0.15) is 20.3 Å². The summed E-state index contributed by atoms with van der Waals surface area (Å²) in [6.45, 7) is 6.40. The summed E-state index contributed by atoms with van der Waals surface area (Å²) >= 11 is 5.94. The summed E-state index contributed by atoms with van der Waals surface area (Å²) in [7, 11) is 0. The Morgan fingerprint density at radius 1 is 1.14 bits per heavy atom. The van der Waals surface area contributed by atoms with Crippen LogP contribution in [-0.2, 0) is 19.1 Å². The number of hydrogen-bond acceptors (Lipinski definition) is 5. The fourth-order valence-corrected chi connectivity index (χ4v) is 3.63. The maximum Gasteiger partial charge on any atom is 0.336 e. The molecule has 2 heterocycles. The zero-order valence-corrected chi connectivity index (χ0v) is 17.3. The second-order valence-electron chi connectivity index (χ2n) is 7.79. The third kappa shape index (κ3) is 5.39. The van der Waals surface area contributed by atoms with E-state index in [1.807, 2.05) is 38.1 Å². The van der Waals surface area contributed by atoms with E-state index in [4.69, 9.17) is 21.4 Å². The van der Waals surface area contributed by atoms with Gasteiger partial charge in [-0.25, -0.2) is 4.79 Å². The largest absolute Gasteiger partial charge is 0.479 e. The quantitative estimate of drug-likeness (QED) is 0.642. The lowest BCUT2D eigenvalue weighted by atomic mass is 10.0. The van der Waals surface area contributed by atoms with E-state index in [1.54, 1.807) is 4.90 Å². The second kappa shape index (κ2) is 9.00. The summed E-state index contributed by atoms with van der Waals surface area (Å²) in [5, 5.41) is 12.3. The minimum absolute atomic E-state index is 0.143. The molecule has 1 aromatic rings. The summed E-state index contributed by atoms with van der Waals surface area (Å²) in [6, 6.07) is 6.90. The van der Waals surface area contributed by atoms with Crippen molar-refractivity contribution in [3.8, 4) is 0 Å². The Kier molecular flexibility index (Phi) is 6.64. The number of amides is 2. The molecule has 2 amide bonds. The Morgan fingerprint density at radius 3 is 2.28 bits per heavy atom. The molecule has 3 rings (SSSR count). The van der Waals surface area contributed by atoms with Gasteiger partial charge in [-0.15, -0.1) is 0 Å². The predicted octanol–water partition coefficient (Wildman–Crippen LogP) is 1.37. The van der Waals surface area contributed by atoms with Gasteiger partial charge in [0.05, 0.1) is 0 Å². The van der Waals surface area contributed by atoms with E-state index in [0.29, 0.717) is 37.6 Å². The highest BCUT2D eigenvalue weighted by Crippen LogP contribution is 2.23. The molecule has 0 aromatic heterocycles. The number of ether oxygens (including phenoxy) is 1. The van der Waals surface area contributed by atoms with Gasteiger partial charge >= 0.3 is 5.97 Å². The van der Waals surface area contributed by atoms with Gasteiger partial charge in [-0.3, -0.25) is 9.59 Å². The van der Waals surface area contributed by atoms with Gasteiger partial charge in [0.15, 0.2) is 12.2 Å². The summed E-state index contributed by atoms with van der Waals surface area (Å²) in [5.74, 6) is -1.67. The van der Waals surface area contributed by atoms with Crippen molar-refractivity contribution in [3.05, 3.63) is 29.3 Å². The number of benzene rings is 1. The number of carboxylic acid groups (broad SMARTS) is 1. The summed E-state index contributed by atoms with van der Waals surface area (Å²) in [5.41, 5.74) is 1.05. The molecule has 8 nitrogen and oxygen atoms in total. The second-order valence-corrected chi connectivity index (χ2v) is 8.23. The Morgan fingerprint density at radius 2 is 1.76 bits per heavy atom. The van der Waals surface area contributed by atoms with E-state index in [9.17, 15) is 14.4 Å². The monoisotopic (exact) mass is 423 g/mol. The maximum absolute atomic E-state index is 13.0. The number of piperazine rings is 1. The predicted molar refractivity (Wildman–Crippen MR) is 108 cm³/mol. The number of rotatable bonds is 7. The normalized spacial score (nSPS) is 22.3. The molecule has 9 heteroatoms. The Labute approximate surface area is 174 Å². The van der Waals surface area contributed by atoms with E-state index in [0.717, 1.165) is 5.69 Å². The lowest BCUT2D eigenvalue weighted by molar-refractivity contribution is -0.138. The van der Waals surface area contributed by atoms with Crippen molar-refractivity contribution < 1.29 is 24.2 Å². The maximum atomic E-state index is 13.0. The van der Waals surface area contributed by atoms with Crippen molar-refractivity contribution in [2.45, 2.75) is 38.5 Å². The number of epoxide rings is 1. The van der Waals surface area contributed by atoms with Crippen LogP contribution in [0.25, 0.3) is 0 Å². The average Bonchev–Trinajstić information content (AvgIpc) is 3.49. The fraction of sp³-hybridized carbons (Fsp3) is 0.550. The fourth-order valence-electron chi connectivity index (χ4n) is 3.50. The first-order chi connectivity index (χ1) is 13.8. The van der Waals surface area contributed by atoms with Crippen LogP contribution in [-0.4, -0.2) is 72.2 Å². The number of aliphatic carboxylic acids is 1. The highest BCUT2D eigenvalue weighted by atomic mass is 35.5. The molecule has 29 heavy (non-hydrogen) atoms. The molecule has 0 aliphatic carbocycles. The Bertz CT molecular complexity index is 762. The number of nitrogens with one attached hydrogen (secondary N) is 1. The molecule has 3 atom stereocenters. The van der Waals surface area contributed by atoms with Gasteiger partial charge in [0.2, 0.25) is 5.91 Å². The zero-order valence-electron chi connectivity index (χ0n) is 16.5. The number of halogens is 1. The van der Waals surface area contributed by atoms with Gasteiger partial charge in [0.1, 0.15) is 6.04 Å². The van der Waals surface area contributed by atoms with Gasteiger partial charge in [-0.1, -0.05) is 25.4 Å². The Hall–Kier alpha value is -2.32. The molecule has 0 saturated carbocycles. The lowest BCUT2D eigenvalue weighted by Gasteiger charge is -2.38. The average molecular weight is 424 g/mol. The molecular weight excluding hydrogens is 398 g/mol. The Balaban J connectivity index is 1.57. The van der Waals surface area contributed by atoms with Gasteiger partial charge < -0.3 is 25.0 Å². The smallest absolute Gasteiger partial charge is 0.336 e. The molecular formula is C20H26ClN3O5. The van der Waals surface area contributed by atoms with Crippen LogP contribution in [0.5, 0.6) is 0 Å². The first-order valence-corrected chi connectivity index (χ1v) is 10.1. The molecule has 158 valence electrons. The van der Waals surface area contributed by atoms with E-state index in [1.165, 1.54) is 0 Å². The van der Waals surface area contributed by atoms with E-state index in [2.05, 4.69) is 10.2 Å². The van der Waals surface area contributed by atoms with E-state index >= 15 is 0 Å². The van der Waals surface area contributed by atoms with Crippen LogP contribution in [0.4, 0.5) is 5.69 Å². The molecule has 2 N–H and O–H groups in total. The molecule has 2 aliphatic rings. The van der Waals surface area contributed by atoms with Crippen LogP contribution < -0.4 is 10.2 Å². The number of carboxylic acids is 1. The minimum Gasteiger partial charge on any atom is -0.479 e. The van der Waals surface area contributed by atoms with Crippen molar-refractivity contribution >= 4 is 35.1 Å². The van der Waals surface area contributed by atoms with Gasteiger partial charge in [0.25, 0.3) is 5.91 Å². The molecule has 1 aromatic carbocycles.